The largest absolute Gasteiger partial charge is 0.326 e. The van der Waals surface area contributed by atoms with Crippen molar-refractivity contribution in [2.45, 2.75) is 25.8 Å². The van der Waals surface area contributed by atoms with Gasteiger partial charge in [0.2, 0.25) is 0 Å². The van der Waals surface area contributed by atoms with E-state index < -0.39 is 0 Å². The molecule has 1 saturated heterocycles. The molecule has 1 aliphatic heterocycles. The van der Waals surface area contributed by atoms with Crippen LogP contribution in [0, 0.1) is 11.8 Å². The van der Waals surface area contributed by atoms with Gasteiger partial charge in [0.05, 0.1) is 0 Å². The molecule has 1 aliphatic rings. The van der Waals surface area contributed by atoms with Crippen LogP contribution < -0.4 is 5.32 Å². The van der Waals surface area contributed by atoms with Crippen molar-refractivity contribution in [3.8, 4) is 11.8 Å². The zero-order valence-corrected chi connectivity index (χ0v) is 10.4. The topological polar surface area (TPSA) is 49.4 Å². The minimum absolute atomic E-state index is 0.114. The van der Waals surface area contributed by atoms with E-state index in [0.29, 0.717) is 19.4 Å². The second-order valence-electron chi connectivity index (χ2n) is 3.45. The van der Waals surface area contributed by atoms with Crippen molar-refractivity contribution in [3.05, 3.63) is 0 Å². The molecule has 0 saturated carbocycles. The van der Waals surface area contributed by atoms with E-state index in [0.717, 1.165) is 5.75 Å². The van der Waals surface area contributed by atoms with E-state index in [1.165, 1.54) is 4.90 Å². The molecule has 88 valence electrons. The van der Waals surface area contributed by atoms with Crippen LogP contribution in [-0.2, 0) is 4.79 Å². The van der Waals surface area contributed by atoms with Crippen LogP contribution in [0.3, 0.4) is 0 Å². The standard InChI is InChI=1S/C11H16N2O2S/c1-3-4-5-7-13-10(14)9(6-8-16-2)12-11(13)15/h9H,5-8H2,1-2H3,(H,12,15)/t9-/m0/s1. The fraction of sp³-hybridized carbons (Fsp3) is 0.636. The third-order valence-corrected chi connectivity index (χ3v) is 3.00. The van der Waals surface area contributed by atoms with Gasteiger partial charge in [0.25, 0.3) is 5.91 Å². The van der Waals surface area contributed by atoms with Crippen LogP contribution in [-0.4, -0.2) is 41.4 Å². The summed E-state index contributed by atoms with van der Waals surface area (Å²) in [6.07, 6.45) is 3.22. The quantitative estimate of drug-likeness (QED) is 0.578. The van der Waals surface area contributed by atoms with Gasteiger partial charge in [0.15, 0.2) is 0 Å². The highest BCUT2D eigenvalue weighted by Crippen LogP contribution is 2.11. The van der Waals surface area contributed by atoms with Crippen molar-refractivity contribution in [2.24, 2.45) is 0 Å². The highest BCUT2D eigenvalue weighted by atomic mass is 32.2. The first-order chi connectivity index (χ1) is 7.70. The molecule has 0 spiro atoms. The molecule has 0 aromatic rings. The third kappa shape index (κ3) is 3.17. The molecule has 1 rings (SSSR count). The number of imide groups is 1. The second kappa shape index (κ2) is 6.44. The number of hydrogen-bond donors (Lipinski definition) is 1. The smallest absolute Gasteiger partial charge is 0.324 e. The van der Waals surface area contributed by atoms with Crippen LogP contribution in [0.25, 0.3) is 0 Å². The van der Waals surface area contributed by atoms with Crippen LogP contribution in [0.1, 0.15) is 19.8 Å². The minimum atomic E-state index is -0.338. The van der Waals surface area contributed by atoms with Crippen LogP contribution in [0.15, 0.2) is 0 Å². The van der Waals surface area contributed by atoms with Crippen molar-refractivity contribution in [3.63, 3.8) is 0 Å². The molecular formula is C11H16N2O2S. The van der Waals surface area contributed by atoms with Crippen LogP contribution >= 0.6 is 11.8 Å². The summed E-state index contributed by atoms with van der Waals surface area (Å²) in [6, 6.07) is -0.622. The zero-order chi connectivity index (χ0) is 12.0. The van der Waals surface area contributed by atoms with Gasteiger partial charge >= 0.3 is 6.03 Å². The van der Waals surface area contributed by atoms with E-state index in [4.69, 9.17) is 0 Å². The Morgan fingerprint density at radius 2 is 2.25 bits per heavy atom. The number of carbonyl (C=O) groups is 2. The lowest BCUT2D eigenvalue weighted by molar-refractivity contribution is -0.127. The molecule has 1 atom stereocenters. The molecule has 0 bridgehead atoms. The van der Waals surface area contributed by atoms with E-state index >= 15 is 0 Å². The van der Waals surface area contributed by atoms with Gasteiger partial charge in [0, 0.05) is 13.0 Å². The molecule has 0 aromatic heterocycles. The predicted octanol–water partition coefficient (Wildman–Crippen LogP) is 1.07. The normalized spacial score (nSPS) is 19.4. The number of nitrogens with zero attached hydrogens (tertiary/aromatic N) is 1. The summed E-state index contributed by atoms with van der Waals surface area (Å²) in [7, 11) is 0. The summed E-state index contributed by atoms with van der Waals surface area (Å²) >= 11 is 1.67. The lowest BCUT2D eigenvalue weighted by Gasteiger charge is -2.10. The van der Waals surface area contributed by atoms with Gasteiger partial charge in [-0.3, -0.25) is 9.69 Å². The Labute approximate surface area is 100 Å². The molecule has 1 fully saturated rings. The maximum atomic E-state index is 11.8. The van der Waals surface area contributed by atoms with Gasteiger partial charge in [0.1, 0.15) is 6.04 Å². The van der Waals surface area contributed by atoms with Crippen molar-refractivity contribution in [1.82, 2.24) is 10.2 Å². The highest BCUT2D eigenvalue weighted by Gasteiger charge is 2.36. The van der Waals surface area contributed by atoms with Crippen LogP contribution in [0.4, 0.5) is 4.79 Å². The van der Waals surface area contributed by atoms with Crippen LogP contribution in [0.5, 0.6) is 0 Å². The molecule has 4 nitrogen and oxygen atoms in total. The average molecular weight is 240 g/mol. The Bertz CT molecular complexity index is 333. The van der Waals surface area contributed by atoms with E-state index in [2.05, 4.69) is 17.2 Å². The molecule has 3 amide bonds. The Kier molecular flexibility index (Phi) is 5.20. The molecule has 1 N–H and O–H groups in total. The molecule has 0 unspecified atom stereocenters. The lowest BCUT2D eigenvalue weighted by Crippen LogP contribution is -2.32. The molecule has 0 radical (unpaired) electrons. The third-order valence-electron chi connectivity index (χ3n) is 2.35. The van der Waals surface area contributed by atoms with E-state index in [1.807, 2.05) is 6.26 Å². The van der Waals surface area contributed by atoms with Gasteiger partial charge in [-0.1, -0.05) is 0 Å². The number of amides is 3. The van der Waals surface area contributed by atoms with Gasteiger partial charge < -0.3 is 5.32 Å². The first kappa shape index (κ1) is 12.9. The van der Waals surface area contributed by atoms with Crippen molar-refractivity contribution >= 4 is 23.7 Å². The van der Waals surface area contributed by atoms with Crippen LogP contribution in [0.2, 0.25) is 0 Å². The average Bonchev–Trinajstić information content (AvgIpc) is 2.54. The monoisotopic (exact) mass is 240 g/mol. The highest BCUT2D eigenvalue weighted by molar-refractivity contribution is 7.98. The maximum Gasteiger partial charge on any atom is 0.324 e. The van der Waals surface area contributed by atoms with Gasteiger partial charge in [-0.25, -0.2) is 4.79 Å². The second-order valence-corrected chi connectivity index (χ2v) is 4.44. The molecule has 1 heterocycles. The number of carbonyl (C=O) groups excluding carboxylic acids is 2. The number of rotatable bonds is 5. The number of urea groups is 1. The molecule has 0 aromatic carbocycles. The van der Waals surface area contributed by atoms with Crippen molar-refractivity contribution in [2.75, 3.05) is 18.6 Å². The lowest BCUT2D eigenvalue weighted by atomic mass is 10.2. The van der Waals surface area contributed by atoms with E-state index in [1.54, 1.807) is 18.7 Å². The summed E-state index contributed by atoms with van der Waals surface area (Å²) in [4.78, 5) is 24.6. The Balaban J connectivity index is 2.49. The fourth-order valence-corrected chi connectivity index (χ4v) is 1.98. The Morgan fingerprint density at radius 1 is 1.50 bits per heavy atom. The predicted molar refractivity (Wildman–Crippen MR) is 65.1 cm³/mol. The van der Waals surface area contributed by atoms with Gasteiger partial charge in [-0.15, -0.1) is 11.8 Å². The number of nitrogens with one attached hydrogen (secondary N) is 1. The van der Waals surface area contributed by atoms with E-state index in [-0.39, 0.29) is 18.0 Å². The molecular weight excluding hydrogens is 224 g/mol. The first-order valence-electron chi connectivity index (χ1n) is 5.21. The van der Waals surface area contributed by atoms with Gasteiger partial charge in [-0.05, 0) is 25.4 Å². The van der Waals surface area contributed by atoms with E-state index in [9.17, 15) is 9.59 Å². The Hall–Kier alpha value is -1.15. The van der Waals surface area contributed by atoms with Crippen molar-refractivity contribution < 1.29 is 9.59 Å². The summed E-state index contributed by atoms with van der Waals surface area (Å²) in [6.45, 7) is 2.13. The zero-order valence-electron chi connectivity index (χ0n) is 9.58. The maximum absolute atomic E-state index is 11.8. The fourth-order valence-electron chi connectivity index (χ4n) is 1.51. The molecule has 5 heteroatoms. The summed E-state index contributed by atoms with van der Waals surface area (Å²) < 4.78 is 0. The summed E-state index contributed by atoms with van der Waals surface area (Å²) in [5.74, 6) is 6.35. The number of thioether (sulfide) groups is 1. The number of hydrogen-bond acceptors (Lipinski definition) is 3. The minimum Gasteiger partial charge on any atom is -0.326 e. The Morgan fingerprint density at radius 3 is 2.88 bits per heavy atom. The molecule has 16 heavy (non-hydrogen) atoms. The SMILES string of the molecule is CC#CCCN1C(=O)N[C@@H](CCSC)C1=O. The van der Waals surface area contributed by atoms with Crippen molar-refractivity contribution in [1.29, 1.82) is 0 Å². The first-order valence-corrected chi connectivity index (χ1v) is 6.60. The summed E-state index contributed by atoms with van der Waals surface area (Å²) in [5.41, 5.74) is 0. The van der Waals surface area contributed by atoms with Gasteiger partial charge in [-0.2, -0.15) is 11.8 Å². The molecule has 0 aliphatic carbocycles. The summed E-state index contributed by atoms with van der Waals surface area (Å²) in [5, 5.41) is 2.69.